The number of amides is 1. The second-order valence-corrected chi connectivity index (χ2v) is 5.18. The van der Waals surface area contributed by atoms with Crippen LogP contribution in [0.1, 0.15) is 30.1 Å². The molecule has 1 aromatic rings. The third-order valence-corrected chi connectivity index (χ3v) is 3.20. The highest BCUT2D eigenvalue weighted by Crippen LogP contribution is 2.20. The van der Waals surface area contributed by atoms with E-state index in [0.717, 1.165) is 12.8 Å². The van der Waals surface area contributed by atoms with E-state index in [1.807, 2.05) is 6.92 Å². The average molecular weight is 295 g/mol. The van der Waals surface area contributed by atoms with Crippen LogP contribution in [-0.2, 0) is 0 Å². The molecule has 1 aromatic carbocycles. The molecule has 94 valence electrons. The molecule has 1 rings (SSSR count). The number of carbonyl (C=O) groups excluding carboxylic acids is 1. The Bertz CT molecular complexity index is 395. The quantitative estimate of drug-likeness (QED) is 0.813. The monoisotopic (exact) mass is 293 g/mol. The molecule has 0 aliphatic heterocycles. The molecule has 0 saturated carbocycles. The normalized spacial score (nSPS) is 12.2. The highest BCUT2D eigenvalue weighted by atomic mass is 35.5. The number of hydrogen-bond acceptors (Lipinski definition) is 1. The van der Waals surface area contributed by atoms with Gasteiger partial charge in [-0.2, -0.15) is 0 Å². The minimum atomic E-state index is -0.251. The standard InChI is InChI=1S/C12H14Cl3NO/c1-2-3-9(14)7-16-12(17)10-6-8(13)4-5-11(10)15/h4-6,9H,2-3,7H2,1H3,(H,16,17). The molecule has 1 atom stereocenters. The van der Waals surface area contributed by atoms with Gasteiger partial charge in [-0.3, -0.25) is 4.79 Å². The molecule has 5 heteroatoms. The van der Waals surface area contributed by atoms with E-state index in [0.29, 0.717) is 22.2 Å². The van der Waals surface area contributed by atoms with E-state index >= 15 is 0 Å². The van der Waals surface area contributed by atoms with Crippen molar-refractivity contribution in [1.29, 1.82) is 0 Å². The van der Waals surface area contributed by atoms with E-state index in [-0.39, 0.29) is 11.3 Å². The zero-order valence-electron chi connectivity index (χ0n) is 9.47. The summed E-state index contributed by atoms with van der Waals surface area (Å²) in [6.45, 7) is 2.47. The molecule has 0 saturated heterocycles. The maximum absolute atomic E-state index is 11.8. The Morgan fingerprint density at radius 3 is 2.76 bits per heavy atom. The fourth-order valence-electron chi connectivity index (χ4n) is 1.39. The van der Waals surface area contributed by atoms with Crippen molar-refractivity contribution in [2.75, 3.05) is 6.54 Å². The molecule has 0 spiro atoms. The molecule has 1 N–H and O–H groups in total. The molecule has 0 heterocycles. The van der Waals surface area contributed by atoms with Crippen LogP contribution in [0.2, 0.25) is 10.0 Å². The van der Waals surface area contributed by atoms with Gasteiger partial charge in [-0.1, -0.05) is 36.5 Å². The molecular weight excluding hydrogens is 280 g/mol. The minimum Gasteiger partial charge on any atom is -0.351 e. The second-order valence-electron chi connectivity index (χ2n) is 3.72. The van der Waals surface area contributed by atoms with Crippen LogP contribution in [0.3, 0.4) is 0 Å². The first-order valence-corrected chi connectivity index (χ1v) is 6.61. The van der Waals surface area contributed by atoms with E-state index in [2.05, 4.69) is 5.32 Å². The first-order valence-electron chi connectivity index (χ1n) is 5.42. The van der Waals surface area contributed by atoms with E-state index in [9.17, 15) is 4.79 Å². The lowest BCUT2D eigenvalue weighted by Gasteiger charge is -2.10. The zero-order valence-corrected chi connectivity index (χ0v) is 11.7. The lowest BCUT2D eigenvalue weighted by Crippen LogP contribution is -2.29. The zero-order chi connectivity index (χ0) is 12.8. The van der Waals surface area contributed by atoms with Crippen molar-refractivity contribution in [3.8, 4) is 0 Å². The molecule has 0 aliphatic carbocycles. The van der Waals surface area contributed by atoms with Crippen molar-refractivity contribution < 1.29 is 4.79 Å². The van der Waals surface area contributed by atoms with E-state index < -0.39 is 0 Å². The Hall–Kier alpha value is -0.440. The minimum absolute atomic E-state index is 0.0538. The predicted molar refractivity (Wildman–Crippen MR) is 73.3 cm³/mol. The molecule has 2 nitrogen and oxygen atoms in total. The van der Waals surface area contributed by atoms with E-state index in [1.54, 1.807) is 18.2 Å². The molecular formula is C12H14Cl3NO. The van der Waals surface area contributed by atoms with Crippen LogP contribution in [0.5, 0.6) is 0 Å². The first-order chi connectivity index (χ1) is 8.04. The van der Waals surface area contributed by atoms with Gasteiger partial charge in [-0.25, -0.2) is 0 Å². The number of nitrogens with one attached hydrogen (secondary N) is 1. The Morgan fingerprint density at radius 2 is 2.12 bits per heavy atom. The van der Waals surface area contributed by atoms with Crippen LogP contribution in [0.25, 0.3) is 0 Å². The van der Waals surface area contributed by atoms with Gasteiger partial charge in [0.25, 0.3) is 5.91 Å². The van der Waals surface area contributed by atoms with Gasteiger partial charge in [0.2, 0.25) is 0 Å². The maximum atomic E-state index is 11.8. The summed E-state index contributed by atoms with van der Waals surface area (Å²) >= 11 is 17.7. The van der Waals surface area contributed by atoms with Crippen molar-refractivity contribution in [2.24, 2.45) is 0 Å². The fraction of sp³-hybridized carbons (Fsp3) is 0.417. The summed E-state index contributed by atoms with van der Waals surface area (Å²) in [6.07, 6.45) is 1.85. The molecule has 17 heavy (non-hydrogen) atoms. The Balaban J connectivity index is 2.61. The third kappa shape index (κ3) is 4.74. The fourth-order valence-corrected chi connectivity index (χ4v) is 2.06. The average Bonchev–Trinajstić information content (AvgIpc) is 2.29. The van der Waals surface area contributed by atoms with Crippen LogP contribution >= 0.6 is 34.8 Å². The van der Waals surface area contributed by atoms with Crippen molar-refractivity contribution in [2.45, 2.75) is 25.1 Å². The molecule has 0 bridgehead atoms. The second kappa shape index (κ2) is 7.10. The van der Waals surface area contributed by atoms with Gasteiger partial charge in [0, 0.05) is 11.6 Å². The van der Waals surface area contributed by atoms with Gasteiger partial charge in [0.1, 0.15) is 0 Å². The molecule has 0 aliphatic rings. The number of hydrogen-bond donors (Lipinski definition) is 1. The number of halogens is 3. The van der Waals surface area contributed by atoms with E-state index in [4.69, 9.17) is 34.8 Å². The largest absolute Gasteiger partial charge is 0.351 e. The van der Waals surface area contributed by atoms with Crippen LogP contribution in [-0.4, -0.2) is 17.8 Å². The number of rotatable bonds is 5. The summed E-state index contributed by atoms with van der Waals surface area (Å²) in [7, 11) is 0. The summed E-state index contributed by atoms with van der Waals surface area (Å²) < 4.78 is 0. The summed E-state index contributed by atoms with van der Waals surface area (Å²) in [4.78, 5) is 11.8. The van der Waals surface area contributed by atoms with Crippen molar-refractivity contribution >= 4 is 40.7 Å². The maximum Gasteiger partial charge on any atom is 0.252 e. The molecule has 0 radical (unpaired) electrons. The highest BCUT2D eigenvalue weighted by molar-refractivity contribution is 6.35. The summed E-state index contributed by atoms with van der Waals surface area (Å²) in [6, 6.07) is 4.79. The van der Waals surface area contributed by atoms with Crippen molar-refractivity contribution in [3.05, 3.63) is 33.8 Å². The van der Waals surface area contributed by atoms with Crippen LogP contribution in [0.15, 0.2) is 18.2 Å². The Kier molecular flexibility index (Phi) is 6.10. The Labute approximate surface area is 116 Å². The third-order valence-electron chi connectivity index (χ3n) is 2.26. The van der Waals surface area contributed by atoms with Gasteiger partial charge in [0.15, 0.2) is 0 Å². The smallest absolute Gasteiger partial charge is 0.252 e. The van der Waals surface area contributed by atoms with Crippen LogP contribution in [0, 0.1) is 0 Å². The van der Waals surface area contributed by atoms with Crippen LogP contribution < -0.4 is 5.32 Å². The van der Waals surface area contributed by atoms with Gasteiger partial charge in [0.05, 0.1) is 16.0 Å². The first kappa shape index (κ1) is 14.6. The summed E-state index contributed by atoms with van der Waals surface area (Å²) in [5.41, 5.74) is 0.375. The van der Waals surface area contributed by atoms with Gasteiger partial charge >= 0.3 is 0 Å². The highest BCUT2D eigenvalue weighted by Gasteiger charge is 2.12. The van der Waals surface area contributed by atoms with Gasteiger partial charge < -0.3 is 5.32 Å². The lowest BCUT2D eigenvalue weighted by atomic mass is 10.2. The number of carbonyl (C=O) groups is 1. The predicted octanol–water partition coefficient (Wildman–Crippen LogP) is 4.13. The summed E-state index contributed by atoms with van der Waals surface area (Å²) in [5, 5.41) is 3.55. The Morgan fingerprint density at radius 1 is 1.41 bits per heavy atom. The number of benzene rings is 1. The van der Waals surface area contributed by atoms with Gasteiger partial charge in [-0.15, -0.1) is 11.6 Å². The molecule has 1 unspecified atom stereocenters. The van der Waals surface area contributed by atoms with Crippen LogP contribution in [0.4, 0.5) is 0 Å². The molecule has 1 amide bonds. The van der Waals surface area contributed by atoms with Crippen molar-refractivity contribution in [3.63, 3.8) is 0 Å². The van der Waals surface area contributed by atoms with Crippen molar-refractivity contribution in [1.82, 2.24) is 5.32 Å². The molecule has 0 fully saturated rings. The summed E-state index contributed by atoms with van der Waals surface area (Å²) in [5.74, 6) is -0.251. The topological polar surface area (TPSA) is 29.1 Å². The lowest BCUT2D eigenvalue weighted by molar-refractivity contribution is 0.0953. The number of alkyl halides is 1. The van der Waals surface area contributed by atoms with E-state index in [1.165, 1.54) is 0 Å². The SMILES string of the molecule is CCCC(Cl)CNC(=O)c1cc(Cl)ccc1Cl. The molecule has 0 aromatic heterocycles. The van der Waals surface area contributed by atoms with Gasteiger partial charge in [-0.05, 0) is 24.6 Å².